The Hall–Kier alpha value is -3.73. The van der Waals surface area contributed by atoms with Crippen LogP contribution in [0, 0.1) is 5.41 Å². The number of ether oxygens (including phenoxy) is 1. The van der Waals surface area contributed by atoms with Crippen molar-refractivity contribution in [3.8, 4) is 11.1 Å². The Bertz CT molecular complexity index is 1310. The van der Waals surface area contributed by atoms with Crippen LogP contribution in [0.5, 0.6) is 0 Å². The van der Waals surface area contributed by atoms with E-state index < -0.39 is 21.8 Å². The third kappa shape index (κ3) is 6.19. The van der Waals surface area contributed by atoms with Gasteiger partial charge < -0.3 is 21.1 Å². The van der Waals surface area contributed by atoms with E-state index in [1.165, 1.54) is 13.2 Å². The number of rotatable bonds is 8. The fraction of sp³-hybridized carbons (Fsp3) is 0.167. The first-order valence-corrected chi connectivity index (χ1v) is 11.9. The summed E-state index contributed by atoms with van der Waals surface area (Å²) < 4.78 is 29.3. The van der Waals surface area contributed by atoms with Crippen LogP contribution in [-0.4, -0.2) is 33.1 Å². The molecule has 0 bridgehead atoms. The summed E-state index contributed by atoms with van der Waals surface area (Å²) in [6.07, 6.45) is 0.349. The molecule has 0 aromatic heterocycles. The summed E-state index contributed by atoms with van der Waals surface area (Å²) >= 11 is 0. The Balaban J connectivity index is 1.71. The number of hydrogen-bond acceptors (Lipinski definition) is 5. The Morgan fingerprint density at radius 3 is 2.35 bits per heavy atom. The number of urea groups is 1. The molecular formula is C24H27N5O4S. The van der Waals surface area contributed by atoms with Crippen LogP contribution in [0.3, 0.4) is 0 Å². The second-order valence-corrected chi connectivity index (χ2v) is 9.45. The summed E-state index contributed by atoms with van der Waals surface area (Å²) in [5.41, 5.74) is 7.59. The number of amidine groups is 1. The number of primary sulfonamides is 1. The summed E-state index contributed by atoms with van der Waals surface area (Å²) in [7, 11) is -2.39. The largest absolute Gasteiger partial charge is 0.384 e. The first-order valence-electron chi connectivity index (χ1n) is 10.3. The van der Waals surface area contributed by atoms with Gasteiger partial charge in [0.05, 0.1) is 4.90 Å². The average Bonchev–Trinajstić information content (AvgIpc) is 2.79. The zero-order valence-corrected chi connectivity index (χ0v) is 19.6. The Morgan fingerprint density at radius 1 is 1.06 bits per heavy atom. The van der Waals surface area contributed by atoms with Crippen LogP contribution < -0.4 is 21.5 Å². The predicted molar refractivity (Wildman–Crippen MR) is 132 cm³/mol. The van der Waals surface area contributed by atoms with Crippen molar-refractivity contribution in [1.82, 2.24) is 5.32 Å². The van der Waals surface area contributed by atoms with Crippen LogP contribution in [0.25, 0.3) is 11.1 Å². The minimum absolute atomic E-state index is 0.0261. The highest BCUT2D eigenvalue weighted by Crippen LogP contribution is 2.27. The highest BCUT2D eigenvalue weighted by molar-refractivity contribution is 7.89. The summed E-state index contributed by atoms with van der Waals surface area (Å²) in [5, 5.41) is 18.5. The Labute approximate surface area is 198 Å². The third-order valence-electron chi connectivity index (χ3n) is 5.26. The summed E-state index contributed by atoms with van der Waals surface area (Å²) in [5.74, 6) is -0.0400. The molecule has 3 aromatic carbocycles. The fourth-order valence-electron chi connectivity index (χ4n) is 3.49. The third-order valence-corrected chi connectivity index (χ3v) is 6.22. The molecule has 0 radical (unpaired) electrons. The second-order valence-electron chi connectivity index (χ2n) is 7.92. The topological polar surface area (TPSA) is 160 Å². The SMILES string of the molecule is COC(C)(Cc1cccc(C(=N)N)c1)NC(=O)Nc1ccc(-c2ccccc2S(N)(=O)=O)cc1. The molecule has 0 aliphatic heterocycles. The lowest BCUT2D eigenvalue weighted by Crippen LogP contribution is -2.50. The molecule has 178 valence electrons. The van der Waals surface area contributed by atoms with Gasteiger partial charge in [0.25, 0.3) is 0 Å². The van der Waals surface area contributed by atoms with Gasteiger partial charge >= 0.3 is 6.03 Å². The summed E-state index contributed by atoms with van der Waals surface area (Å²) in [6, 6.07) is 19.8. The number of carbonyl (C=O) groups is 1. The van der Waals surface area contributed by atoms with Crippen LogP contribution in [-0.2, 0) is 21.2 Å². The van der Waals surface area contributed by atoms with E-state index in [1.807, 2.05) is 6.07 Å². The molecule has 0 spiro atoms. The van der Waals surface area contributed by atoms with E-state index in [4.69, 9.17) is 21.0 Å². The molecule has 3 aromatic rings. The van der Waals surface area contributed by atoms with Crippen molar-refractivity contribution in [3.05, 3.63) is 83.9 Å². The zero-order valence-electron chi connectivity index (χ0n) is 18.8. The molecular weight excluding hydrogens is 454 g/mol. The first kappa shape index (κ1) is 24.9. The maximum Gasteiger partial charge on any atom is 0.321 e. The normalized spacial score (nSPS) is 13.0. The lowest BCUT2D eigenvalue weighted by atomic mass is 10.0. The number of hydrogen-bond donors (Lipinski definition) is 5. The molecule has 2 amide bonds. The molecule has 1 unspecified atom stereocenters. The van der Waals surface area contributed by atoms with Crippen LogP contribution in [0.15, 0.2) is 77.7 Å². The maximum atomic E-state index is 12.6. The maximum absolute atomic E-state index is 12.6. The number of methoxy groups -OCH3 is 1. The van der Waals surface area contributed by atoms with Crippen molar-refractivity contribution in [3.63, 3.8) is 0 Å². The van der Waals surface area contributed by atoms with Gasteiger partial charge in [0, 0.05) is 30.3 Å². The molecule has 0 saturated carbocycles. The minimum atomic E-state index is -3.88. The average molecular weight is 482 g/mol. The van der Waals surface area contributed by atoms with Crippen molar-refractivity contribution in [2.45, 2.75) is 24.0 Å². The number of nitrogens with one attached hydrogen (secondary N) is 3. The van der Waals surface area contributed by atoms with E-state index in [0.717, 1.165) is 5.56 Å². The van der Waals surface area contributed by atoms with E-state index in [0.29, 0.717) is 28.8 Å². The lowest BCUT2D eigenvalue weighted by Gasteiger charge is -2.29. The van der Waals surface area contributed by atoms with Crippen molar-refractivity contribution in [2.24, 2.45) is 10.9 Å². The second kappa shape index (κ2) is 10.0. The number of anilines is 1. The van der Waals surface area contributed by atoms with Gasteiger partial charge in [0.2, 0.25) is 10.0 Å². The van der Waals surface area contributed by atoms with Crippen molar-refractivity contribution < 1.29 is 17.9 Å². The molecule has 0 saturated heterocycles. The zero-order chi connectivity index (χ0) is 24.9. The smallest absolute Gasteiger partial charge is 0.321 e. The van der Waals surface area contributed by atoms with E-state index >= 15 is 0 Å². The van der Waals surface area contributed by atoms with Crippen LogP contribution in [0.1, 0.15) is 18.1 Å². The summed E-state index contributed by atoms with van der Waals surface area (Å²) in [6.45, 7) is 1.74. The van der Waals surface area contributed by atoms with E-state index in [9.17, 15) is 13.2 Å². The number of amides is 2. The van der Waals surface area contributed by atoms with Crippen molar-refractivity contribution >= 4 is 27.6 Å². The van der Waals surface area contributed by atoms with E-state index in [2.05, 4.69) is 10.6 Å². The Morgan fingerprint density at radius 2 is 1.74 bits per heavy atom. The van der Waals surface area contributed by atoms with Gasteiger partial charge in [-0.05, 0) is 42.3 Å². The highest BCUT2D eigenvalue weighted by Gasteiger charge is 2.26. The van der Waals surface area contributed by atoms with Crippen molar-refractivity contribution in [2.75, 3.05) is 12.4 Å². The number of carbonyl (C=O) groups excluding carboxylic acids is 1. The standard InChI is InChI=1S/C24H27N5O4S/c1-24(33-2,15-16-6-5-7-18(14-16)22(25)26)29-23(30)28-19-12-10-17(11-13-19)20-8-3-4-9-21(20)34(27,31)32/h3-14H,15H2,1-2H3,(H3,25,26)(H2,27,31,32)(H2,28,29,30). The first-order chi connectivity index (χ1) is 16.0. The van der Waals surface area contributed by atoms with Gasteiger partial charge in [-0.25, -0.2) is 18.4 Å². The van der Waals surface area contributed by atoms with Gasteiger partial charge in [0.1, 0.15) is 11.6 Å². The van der Waals surface area contributed by atoms with Crippen molar-refractivity contribution in [1.29, 1.82) is 5.41 Å². The molecule has 0 fully saturated rings. The van der Waals surface area contributed by atoms with E-state index in [1.54, 1.807) is 67.6 Å². The predicted octanol–water partition coefficient (Wildman–Crippen LogP) is 3.01. The van der Waals surface area contributed by atoms with Crippen LogP contribution >= 0.6 is 0 Å². The summed E-state index contributed by atoms with van der Waals surface area (Å²) in [4.78, 5) is 12.7. The monoisotopic (exact) mass is 481 g/mol. The van der Waals surface area contributed by atoms with Gasteiger partial charge in [0.15, 0.2) is 0 Å². The van der Waals surface area contributed by atoms with Gasteiger partial charge in [-0.3, -0.25) is 5.41 Å². The Kier molecular flexibility index (Phi) is 7.35. The lowest BCUT2D eigenvalue weighted by molar-refractivity contribution is -0.0113. The fourth-order valence-corrected chi connectivity index (χ4v) is 4.26. The molecule has 0 aliphatic rings. The molecule has 7 N–H and O–H groups in total. The van der Waals surface area contributed by atoms with Gasteiger partial charge in [-0.2, -0.15) is 0 Å². The molecule has 0 heterocycles. The van der Waals surface area contributed by atoms with E-state index in [-0.39, 0.29) is 10.7 Å². The molecule has 9 nitrogen and oxygen atoms in total. The minimum Gasteiger partial charge on any atom is -0.384 e. The van der Waals surface area contributed by atoms with Crippen LogP contribution in [0.4, 0.5) is 10.5 Å². The van der Waals surface area contributed by atoms with Gasteiger partial charge in [-0.1, -0.05) is 48.5 Å². The number of nitrogens with two attached hydrogens (primary N) is 2. The van der Waals surface area contributed by atoms with Gasteiger partial charge in [-0.15, -0.1) is 0 Å². The quantitative estimate of drug-likeness (QED) is 0.190. The highest BCUT2D eigenvalue weighted by atomic mass is 32.2. The molecule has 10 heteroatoms. The molecule has 1 atom stereocenters. The molecule has 3 rings (SSSR count). The number of nitrogen functional groups attached to an aromatic ring is 1. The molecule has 0 aliphatic carbocycles. The molecule has 34 heavy (non-hydrogen) atoms. The number of sulfonamides is 1. The van der Waals surface area contributed by atoms with Crippen LogP contribution in [0.2, 0.25) is 0 Å². The number of benzene rings is 3.